The third-order valence-electron chi connectivity index (χ3n) is 4.49. The van der Waals surface area contributed by atoms with Gasteiger partial charge in [-0.15, -0.1) is 11.3 Å². The van der Waals surface area contributed by atoms with Crippen LogP contribution in [0.2, 0.25) is 0 Å². The smallest absolute Gasteiger partial charge is 0.268 e. The van der Waals surface area contributed by atoms with Gasteiger partial charge in [0.1, 0.15) is 5.69 Å². The maximum atomic E-state index is 12.8. The van der Waals surface area contributed by atoms with Gasteiger partial charge in [0, 0.05) is 19.7 Å². The van der Waals surface area contributed by atoms with Crippen LogP contribution in [0.15, 0.2) is 46.3 Å². The van der Waals surface area contributed by atoms with Crippen LogP contribution in [0.4, 0.5) is 0 Å². The Morgan fingerprint density at radius 2 is 2.16 bits per heavy atom. The zero-order valence-electron chi connectivity index (χ0n) is 13.7. The molecule has 0 saturated carbocycles. The Morgan fingerprint density at radius 1 is 1.32 bits per heavy atom. The molecule has 4 rings (SSSR count). The molecule has 1 saturated heterocycles. The first-order valence-corrected chi connectivity index (χ1v) is 10.0. The molecule has 2 aromatic heterocycles. The van der Waals surface area contributed by atoms with Crippen LogP contribution in [0.1, 0.15) is 28.9 Å². The van der Waals surface area contributed by atoms with Crippen LogP contribution >= 0.6 is 27.3 Å². The van der Waals surface area contributed by atoms with E-state index in [4.69, 9.17) is 4.74 Å². The van der Waals surface area contributed by atoms with Crippen LogP contribution in [0, 0.1) is 0 Å². The van der Waals surface area contributed by atoms with E-state index in [0.717, 1.165) is 33.5 Å². The first-order valence-electron chi connectivity index (χ1n) is 8.43. The van der Waals surface area contributed by atoms with Crippen LogP contribution < -0.4 is 5.32 Å². The molecule has 1 atom stereocenters. The van der Waals surface area contributed by atoms with Crippen molar-refractivity contribution in [2.45, 2.75) is 25.5 Å². The third kappa shape index (κ3) is 3.66. The van der Waals surface area contributed by atoms with E-state index in [1.165, 1.54) is 5.56 Å². The van der Waals surface area contributed by atoms with Crippen molar-refractivity contribution in [1.82, 2.24) is 9.88 Å². The van der Waals surface area contributed by atoms with Crippen molar-refractivity contribution in [3.63, 3.8) is 0 Å². The Bertz CT molecular complexity index is 882. The van der Waals surface area contributed by atoms with Gasteiger partial charge < -0.3 is 14.6 Å². The SMILES string of the molecule is O=C(NC[C@H]1CCCO1)c1cc2sc(Br)cc2n1Cc1ccccc1. The molecule has 1 amide bonds. The summed E-state index contributed by atoms with van der Waals surface area (Å²) in [5.41, 5.74) is 2.97. The fraction of sp³-hybridized carbons (Fsp3) is 0.316. The van der Waals surface area contributed by atoms with Crippen LogP contribution in [0.5, 0.6) is 0 Å². The number of carbonyl (C=O) groups excluding carboxylic acids is 1. The second-order valence-corrected chi connectivity index (χ2v) is 8.71. The normalized spacial score (nSPS) is 17.2. The number of halogens is 1. The number of ether oxygens (including phenoxy) is 1. The van der Waals surface area contributed by atoms with Crippen LogP contribution in [0.3, 0.4) is 0 Å². The first-order chi connectivity index (χ1) is 12.2. The van der Waals surface area contributed by atoms with Crippen LogP contribution in [-0.2, 0) is 11.3 Å². The van der Waals surface area contributed by atoms with Crippen molar-refractivity contribution in [2.75, 3.05) is 13.2 Å². The van der Waals surface area contributed by atoms with E-state index in [0.29, 0.717) is 18.8 Å². The topological polar surface area (TPSA) is 43.3 Å². The third-order valence-corrected chi connectivity index (χ3v) is 6.06. The molecule has 0 unspecified atom stereocenters. The molecule has 25 heavy (non-hydrogen) atoms. The van der Waals surface area contributed by atoms with Gasteiger partial charge in [-0.25, -0.2) is 0 Å². The molecule has 3 aromatic rings. The van der Waals surface area contributed by atoms with Gasteiger partial charge in [0.05, 0.1) is 20.1 Å². The number of nitrogens with zero attached hydrogens (tertiary/aromatic N) is 1. The molecule has 0 spiro atoms. The lowest BCUT2D eigenvalue weighted by Gasteiger charge is -2.13. The standard InChI is InChI=1S/C19H19BrN2O2S/c20-18-10-15-17(25-18)9-16(19(23)21-11-14-7-4-8-24-14)22(15)12-13-5-2-1-3-6-13/h1-3,5-6,9-10,14H,4,7-8,11-12H2,(H,21,23)/t14-/m1/s1. The summed E-state index contributed by atoms with van der Waals surface area (Å²) in [7, 11) is 0. The van der Waals surface area contributed by atoms with Gasteiger partial charge in [-0.2, -0.15) is 0 Å². The van der Waals surface area contributed by atoms with Crippen molar-refractivity contribution in [3.05, 3.63) is 57.5 Å². The molecule has 0 radical (unpaired) electrons. The molecule has 1 aliphatic rings. The van der Waals surface area contributed by atoms with Crippen molar-refractivity contribution in [2.24, 2.45) is 0 Å². The van der Waals surface area contributed by atoms with Crippen molar-refractivity contribution < 1.29 is 9.53 Å². The Labute approximate surface area is 158 Å². The Kier molecular flexibility index (Phi) is 4.92. The Morgan fingerprint density at radius 3 is 2.92 bits per heavy atom. The highest BCUT2D eigenvalue weighted by atomic mass is 79.9. The highest BCUT2D eigenvalue weighted by Crippen LogP contribution is 2.33. The van der Waals surface area contributed by atoms with E-state index in [1.54, 1.807) is 11.3 Å². The number of nitrogens with one attached hydrogen (secondary N) is 1. The van der Waals surface area contributed by atoms with E-state index in [1.807, 2.05) is 24.3 Å². The summed E-state index contributed by atoms with van der Waals surface area (Å²) in [6.45, 7) is 2.05. The van der Waals surface area contributed by atoms with Crippen LogP contribution in [0.25, 0.3) is 10.2 Å². The summed E-state index contributed by atoms with van der Waals surface area (Å²) in [6.07, 6.45) is 2.25. The molecule has 4 nitrogen and oxygen atoms in total. The van der Waals surface area contributed by atoms with Gasteiger partial charge in [-0.05, 0) is 46.5 Å². The number of rotatable bonds is 5. The van der Waals surface area contributed by atoms with Crippen molar-refractivity contribution >= 4 is 43.4 Å². The summed E-state index contributed by atoms with van der Waals surface area (Å²) >= 11 is 5.20. The molecular weight excluding hydrogens is 400 g/mol. The lowest BCUT2D eigenvalue weighted by Crippen LogP contribution is -2.33. The quantitative estimate of drug-likeness (QED) is 0.665. The van der Waals surface area contributed by atoms with Crippen LogP contribution in [-0.4, -0.2) is 29.7 Å². The number of thiophene rings is 1. The van der Waals surface area contributed by atoms with Gasteiger partial charge in [0.15, 0.2) is 0 Å². The molecule has 6 heteroatoms. The fourth-order valence-electron chi connectivity index (χ4n) is 3.24. The first kappa shape index (κ1) is 16.8. The molecule has 1 aliphatic heterocycles. The van der Waals surface area contributed by atoms with Crippen molar-refractivity contribution in [3.8, 4) is 0 Å². The van der Waals surface area contributed by atoms with Gasteiger partial charge in [-0.1, -0.05) is 30.3 Å². The van der Waals surface area contributed by atoms with Gasteiger partial charge >= 0.3 is 0 Å². The predicted octanol–water partition coefficient (Wildman–Crippen LogP) is 4.42. The summed E-state index contributed by atoms with van der Waals surface area (Å²) in [5, 5.41) is 3.04. The number of fused-ring (bicyclic) bond motifs is 1. The number of hydrogen-bond donors (Lipinski definition) is 1. The molecule has 3 heterocycles. The van der Waals surface area contributed by atoms with Gasteiger partial charge in [0.25, 0.3) is 5.91 Å². The number of carbonyl (C=O) groups is 1. The van der Waals surface area contributed by atoms with E-state index in [9.17, 15) is 4.79 Å². The minimum absolute atomic E-state index is 0.0362. The number of amides is 1. The molecule has 0 aliphatic carbocycles. The summed E-state index contributed by atoms with van der Waals surface area (Å²) in [6, 6.07) is 14.3. The van der Waals surface area contributed by atoms with E-state index >= 15 is 0 Å². The highest BCUT2D eigenvalue weighted by molar-refractivity contribution is 9.11. The van der Waals surface area contributed by atoms with Gasteiger partial charge in [-0.3, -0.25) is 4.79 Å². The average molecular weight is 419 g/mol. The summed E-state index contributed by atoms with van der Waals surface area (Å²) < 4.78 is 9.88. The highest BCUT2D eigenvalue weighted by Gasteiger charge is 2.20. The lowest BCUT2D eigenvalue weighted by molar-refractivity contribution is 0.0851. The fourth-order valence-corrected chi connectivity index (χ4v) is 4.80. The zero-order valence-corrected chi connectivity index (χ0v) is 16.1. The predicted molar refractivity (Wildman–Crippen MR) is 104 cm³/mol. The summed E-state index contributed by atoms with van der Waals surface area (Å²) in [4.78, 5) is 12.8. The maximum Gasteiger partial charge on any atom is 0.268 e. The zero-order chi connectivity index (χ0) is 17.2. The Hall–Kier alpha value is -1.63. The van der Waals surface area contributed by atoms with E-state index in [2.05, 4.69) is 44.0 Å². The van der Waals surface area contributed by atoms with Crippen molar-refractivity contribution in [1.29, 1.82) is 0 Å². The largest absolute Gasteiger partial charge is 0.376 e. The number of aromatic nitrogens is 1. The minimum atomic E-state index is -0.0362. The monoisotopic (exact) mass is 418 g/mol. The molecule has 1 aromatic carbocycles. The summed E-state index contributed by atoms with van der Waals surface area (Å²) in [5.74, 6) is -0.0362. The maximum absolute atomic E-state index is 12.8. The van der Waals surface area contributed by atoms with E-state index < -0.39 is 0 Å². The second kappa shape index (κ2) is 7.32. The van der Waals surface area contributed by atoms with E-state index in [-0.39, 0.29) is 12.0 Å². The number of benzene rings is 1. The molecule has 0 bridgehead atoms. The number of hydrogen-bond acceptors (Lipinski definition) is 3. The molecular formula is C19H19BrN2O2S. The molecule has 1 N–H and O–H groups in total. The second-order valence-electron chi connectivity index (χ2n) is 6.25. The Balaban J connectivity index is 1.61. The lowest BCUT2D eigenvalue weighted by atomic mass is 10.2. The minimum Gasteiger partial charge on any atom is -0.376 e. The average Bonchev–Trinajstić information content (AvgIpc) is 3.32. The molecule has 1 fully saturated rings. The molecule has 130 valence electrons. The van der Waals surface area contributed by atoms with Gasteiger partial charge in [0.2, 0.25) is 0 Å².